The van der Waals surface area contributed by atoms with Gasteiger partial charge in [-0.15, -0.1) is 0 Å². The molecule has 6 nitrogen and oxygen atoms in total. The van der Waals surface area contributed by atoms with Gasteiger partial charge in [-0.3, -0.25) is 9.89 Å². The summed E-state index contributed by atoms with van der Waals surface area (Å²) in [6.07, 6.45) is 4.12. The van der Waals surface area contributed by atoms with Crippen LogP contribution in [0.2, 0.25) is 0 Å². The number of rotatable bonds is 7. The second kappa shape index (κ2) is 9.97. The zero-order valence-electron chi connectivity index (χ0n) is 15.9. The Kier molecular flexibility index (Phi) is 7.10. The summed E-state index contributed by atoms with van der Waals surface area (Å²) in [6, 6.07) is 10.8. The molecule has 0 bridgehead atoms. The third-order valence-corrected chi connectivity index (χ3v) is 4.84. The molecule has 1 aliphatic rings. The fraction of sp³-hybridized carbons (Fsp3) is 0.450. The number of piperazine rings is 1. The van der Waals surface area contributed by atoms with Crippen molar-refractivity contribution in [3.63, 3.8) is 0 Å². The molecule has 1 aromatic heterocycles. The minimum Gasteiger partial charge on any atom is -0.369 e. The molecule has 1 saturated heterocycles. The van der Waals surface area contributed by atoms with E-state index in [1.807, 2.05) is 24.3 Å². The first-order valence-electron chi connectivity index (χ1n) is 9.53. The summed E-state index contributed by atoms with van der Waals surface area (Å²) in [5.41, 5.74) is 1.10. The number of halogens is 1. The van der Waals surface area contributed by atoms with Gasteiger partial charge in [0.15, 0.2) is 5.96 Å². The largest absolute Gasteiger partial charge is 0.369 e. The lowest BCUT2D eigenvalue weighted by molar-refractivity contribution is 0.261. The Bertz CT molecular complexity index is 690. The molecule has 0 spiro atoms. The molecule has 3 rings (SSSR count). The first kappa shape index (κ1) is 19.2. The van der Waals surface area contributed by atoms with E-state index < -0.39 is 0 Å². The molecule has 0 atom stereocenters. The van der Waals surface area contributed by atoms with Crippen LogP contribution in [0.1, 0.15) is 0 Å². The molecule has 2 heterocycles. The Morgan fingerprint density at radius 3 is 2.22 bits per heavy atom. The van der Waals surface area contributed by atoms with Crippen molar-refractivity contribution < 1.29 is 4.39 Å². The molecule has 0 amide bonds. The maximum atomic E-state index is 13.0. The number of aromatic nitrogens is 1. The van der Waals surface area contributed by atoms with Crippen molar-refractivity contribution in [3.05, 3.63) is 54.6 Å². The predicted molar refractivity (Wildman–Crippen MR) is 109 cm³/mol. The van der Waals surface area contributed by atoms with Crippen molar-refractivity contribution in [2.24, 2.45) is 4.99 Å². The minimum atomic E-state index is -0.182. The molecule has 27 heavy (non-hydrogen) atoms. The van der Waals surface area contributed by atoms with E-state index in [9.17, 15) is 4.39 Å². The van der Waals surface area contributed by atoms with Crippen molar-refractivity contribution in [1.29, 1.82) is 0 Å². The lowest BCUT2D eigenvalue weighted by Gasteiger charge is -2.36. The van der Waals surface area contributed by atoms with E-state index in [1.54, 1.807) is 7.05 Å². The van der Waals surface area contributed by atoms with Gasteiger partial charge in [-0.25, -0.2) is 4.39 Å². The van der Waals surface area contributed by atoms with Gasteiger partial charge in [-0.2, -0.15) is 0 Å². The predicted octanol–water partition coefficient (Wildman–Crippen LogP) is 1.61. The Labute approximate surface area is 160 Å². The second-order valence-electron chi connectivity index (χ2n) is 6.65. The normalized spacial score (nSPS) is 15.8. The molecule has 0 radical (unpaired) electrons. The van der Waals surface area contributed by atoms with Crippen LogP contribution in [-0.4, -0.2) is 68.3 Å². The van der Waals surface area contributed by atoms with Gasteiger partial charge in [0.1, 0.15) is 5.82 Å². The van der Waals surface area contributed by atoms with E-state index in [2.05, 4.69) is 42.4 Å². The number of anilines is 1. The zero-order chi connectivity index (χ0) is 18.9. The van der Waals surface area contributed by atoms with Gasteiger partial charge in [0.05, 0.1) is 0 Å². The standard InChI is InChI=1S/C20H29FN6/c1-22-20(23-8-12-25-10-2-3-11-25)24-9-13-26-14-16-27(17-15-26)19-6-4-18(21)5-7-19/h2-7,10-11H,8-9,12-17H2,1H3,(H2,22,23,24). The number of hydrogen-bond acceptors (Lipinski definition) is 3. The molecule has 7 heteroatoms. The van der Waals surface area contributed by atoms with E-state index in [0.29, 0.717) is 0 Å². The smallest absolute Gasteiger partial charge is 0.191 e. The Morgan fingerprint density at radius 2 is 1.59 bits per heavy atom. The van der Waals surface area contributed by atoms with E-state index in [4.69, 9.17) is 0 Å². The number of benzene rings is 1. The molecule has 0 saturated carbocycles. The van der Waals surface area contributed by atoms with Crippen LogP contribution in [0.3, 0.4) is 0 Å². The van der Waals surface area contributed by atoms with Crippen molar-refractivity contribution >= 4 is 11.6 Å². The highest BCUT2D eigenvalue weighted by Crippen LogP contribution is 2.16. The van der Waals surface area contributed by atoms with Crippen LogP contribution >= 0.6 is 0 Å². The summed E-state index contributed by atoms with van der Waals surface area (Å²) in [4.78, 5) is 9.03. The molecule has 1 fully saturated rings. The zero-order valence-corrected chi connectivity index (χ0v) is 15.9. The van der Waals surface area contributed by atoms with Gasteiger partial charge in [0.2, 0.25) is 0 Å². The highest BCUT2D eigenvalue weighted by Gasteiger charge is 2.16. The maximum Gasteiger partial charge on any atom is 0.191 e. The summed E-state index contributed by atoms with van der Waals surface area (Å²) in [5, 5.41) is 6.72. The van der Waals surface area contributed by atoms with Gasteiger partial charge in [0, 0.05) is 77.5 Å². The summed E-state index contributed by atoms with van der Waals surface area (Å²) >= 11 is 0. The van der Waals surface area contributed by atoms with Gasteiger partial charge in [-0.1, -0.05) is 0 Å². The molecule has 1 aliphatic heterocycles. The van der Waals surface area contributed by atoms with Crippen LogP contribution in [0.4, 0.5) is 10.1 Å². The molecule has 0 unspecified atom stereocenters. The topological polar surface area (TPSA) is 47.8 Å². The SMILES string of the molecule is CN=C(NCCN1CCN(c2ccc(F)cc2)CC1)NCCn1cccc1. The number of guanidine groups is 1. The number of nitrogens with zero attached hydrogens (tertiary/aromatic N) is 4. The maximum absolute atomic E-state index is 13.0. The monoisotopic (exact) mass is 372 g/mol. The summed E-state index contributed by atoms with van der Waals surface area (Å²) in [5.74, 6) is 0.658. The Morgan fingerprint density at radius 1 is 0.963 bits per heavy atom. The van der Waals surface area contributed by atoms with Crippen molar-refractivity contribution in [3.8, 4) is 0 Å². The highest BCUT2D eigenvalue weighted by molar-refractivity contribution is 5.79. The molecular weight excluding hydrogens is 343 g/mol. The average molecular weight is 372 g/mol. The Hall–Kier alpha value is -2.54. The molecule has 2 N–H and O–H groups in total. The molecule has 2 aromatic rings. The third-order valence-electron chi connectivity index (χ3n) is 4.84. The molecule has 1 aromatic carbocycles. The summed E-state index contributed by atoms with van der Waals surface area (Å²) in [7, 11) is 1.80. The van der Waals surface area contributed by atoms with Crippen LogP contribution in [-0.2, 0) is 6.54 Å². The van der Waals surface area contributed by atoms with E-state index in [1.165, 1.54) is 12.1 Å². The van der Waals surface area contributed by atoms with Crippen LogP contribution in [0.15, 0.2) is 53.8 Å². The van der Waals surface area contributed by atoms with Gasteiger partial charge >= 0.3 is 0 Å². The van der Waals surface area contributed by atoms with Crippen molar-refractivity contribution in [1.82, 2.24) is 20.1 Å². The summed E-state index contributed by atoms with van der Waals surface area (Å²) in [6.45, 7) is 7.56. The number of nitrogens with one attached hydrogen (secondary N) is 2. The summed E-state index contributed by atoms with van der Waals surface area (Å²) < 4.78 is 15.2. The first-order valence-corrected chi connectivity index (χ1v) is 9.53. The van der Waals surface area contributed by atoms with Crippen molar-refractivity contribution in [2.75, 3.05) is 57.8 Å². The number of aliphatic imine (C=N–C) groups is 1. The lowest BCUT2D eigenvalue weighted by Crippen LogP contribution is -2.49. The second-order valence-corrected chi connectivity index (χ2v) is 6.65. The molecular formula is C20H29FN6. The fourth-order valence-corrected chi connectivity index (χ4v) is 3.26. The van der Waals surface area contributed by atoms with Gasteiger partial charge < -0.3 is 20.1 Å². The van der Waals surface area contributed by atoms with Crippen LogP contribution in [0.5, 0.6) is 0 Å². The van der Waals surface area contributed by atoms with Crippen LogP contribution < -0.4 is 15.5 Å². The van der Waals surface area contributed by atoms with Gasteiger partial charge in [-0.05, 0) is 36.4 Å². The minimum absolute atomic E-state index is 0.182. The van der Waals surface area contributed by atoms with E-state index in [-0.39, 0.29) is 5.82 Å². The highest BCUT2D eigenvalue weighted by atomic mass is 19.1. The van der Waals surface area contributed by atoms with E-state index in [0.717, 1.165) is 64.0 Å². The fourth-order valence-electron chi connectivity index (χ4n) is 3.26. The molecule has 0 aliphatic carbocycles. The number of hydrogen-bond donors (Lipinski definition) is 2. The quantitative estimate of drug-likeness (QED) is 0.573. The van der Waals surface area contributed by atoms with Crippen molar-refractivity contribution in [2.45, 2.75) is 6.54 Å². The van der Waals surface area contributed by atoms with E-state index >= 15 is 0 Å². The first-order chi connectivity index (χ1) is 13.2. The van der Waals surface area contributed by atoms with Gasteiger partial charge in [0.25, 0.3) is 0 Å². The molecule has 146 valence electrons. The Balaban J connectivity index is 1.31. The third kappa shape index (κ3) is 5.99. The van der Waals surface area contributed by atoms with Crippen LogP contribution in [0, 0.1) is 5.82 Å². The lowest BCUT2D eigenvalue weighted by atomic mass is 10.2. The van der Waals surface area contributed by atoms with Crippen LogP contribution in [0.25, 0.3) is 0 Å². The average Bonchev–Trinajstić information content (AvgIpc) is 3.21.